The van der Waals surface area contributed by atoms with Crippen LogP contribution in [-0.2, 0) is 24.2 Å². The molecule has 3 nitrogen and oxygen atoms in total. The predicted molar refractivity (Wildman–Crippen MR) is 85.0 cm³/mol. The van der Waals surface area contributed by atoms with Crippen LogP contribution >= 0.6 is 23.4 Å². The van der Waals surface area contributed by atoms with Crippen molar-refractivity contribution in [3.63, 3.8) is 0 Å². The zero-order valence-corrected chi connectivity index (χ0v) is 13.5. The fourth-order valence-electron chi connectivity index (χ4n) is 2.48. The molecule has 0 bridgehead atoms. The number of aromatic nitrogens is 2. The number of hydrogen-bond acceptors (Lipinski definition) is 4. The van der Waals surface area contributed by atoms with Gasteiger partial charge in [0.25, 0.3) is 0 Å². The Morgan fingerprint density at radius 1 is 1.19 bits per heavy atom. The highest BCUT2D eigenvalue weighted by Gasteiger charge is 2.12. The Hall–Kier alpha value is -1.10. The largest absolute Gasteiger partial charge is 0.374 e. The average Bonchev–Trinajstić information content (AvgIpc) is 2.92. The molecule has 1 aromatic heterocycles. The lowest BCUT2D eigenvalue weighted by atomic mass is 10.1. The van der Waals surface area contributed by atoms with Crippen LogP contribution in [0.3, 0.4) is 0 Å². The number of rotatable bonds is 5. The molecule has 0 aliphatic heterocycles. The smallest absolute Gasteiger partial charge is 0.157 e. The summed E-state index contributed by atoms with van der Waals surface area (Å²) in [6, 6.07) is 8.46. The Labute approximate surface area is 134 Å². The van der Waals surface area contributed by atoms with Gasteiger partial charge in [0.2, 0.25) is 0 Å². The number of hydrogen-bond donors (Lipinski definition) is 0. The van der Waals surface area contributed by atoms with E-state index in [1.54, 1.807) is 17.8 Å². The van der Waals surface area contributed by atoms with Crippen LogP contribution in [0.25, 0.3) is 0 Å². The summed E-state index contributed by atoms with van der Waals surface area (Å²) in [5.74, 6) is 0.632. The van der Waals surface area contributed by atoms with Crippen LogP contribution in [0, 0.1) is 0 Å². The highest BCUT2D eigenvalue weighted by Crippen LogP contribution is 2.31. The van der Waals surface area contributed by atoms with Gasteiger partial charge in [0, 0.05) is 17.6 Å². The van der Waals surface area contributed by atoms with E-state index in [2.05, 4.69) is 28.2 Å². The number of ether oxygens (including phenoxy) is 1. The van der Waals surface area contributed by atoms with Crippen LogP contribution in [0.1, 0.15) is 30.3 Å². The molecule has 3 rings (SSSR count). The van der Waals surface area contributed by atoms with E-state index in [9.17, 15) is 0 Å². The molecule has 0 saturated carbocycles. The molecule has 0 amide bonds. The first-order valence-corrected chi connectivity index (χ1v) is 8.35. The van der Waals surface area contributed by atoms with E-state index in [-0.39, 0.29) is 0 Å². The van der Waals surface area contributed by atoms with E-state index < -0.39 is 0 Å². The number of aryl methyl sites for hydroxylation is 2. The number of benzene rings is 1. The molecule has 1 aromatic carbocycles. The van der Waals surface area contributed by atoms with Crippen molar-refractivity contribution in [3.8, 4) is 0 Å². The van der Waals surface area contributed by atoms with Gasteiger partial charge in [0.15, 0.2) is 5.82 Å². The van der Waals surface area contributed by atoms with Gasteiger partial charge in [0.1, 0.15) is 16.8 Å². The fourth-order valence-corrected chi connectivity index (χ4v) is 3.65. The van der Waals surface area contributed by atoms with E-state index in [0.717, 1.165) is 5.03 Å². The molecule has 21 heavy (non-hydrogen) atoms. The Kier molecular flexibility index (Phi) is 4.78. The molecule has 0 unspecified atom stereocenters. The van der Waals surface area contributed by atoms with Crippen molar-refractivity contribution in [2.75, 3.05) is 6.61 Å². The maximum Gasteiger partial charge on any atom is 0.157 e. The first-order valence-electron chi connectivity index (χ1n) is 7.15. The maximum absolute atomic E-state index is 6.07. The highest BCUT2D eigenvalue weighted by molar-refractivity contribution is 7.99. The molecular formula is C16H17ClN2OS. The summed E-state index contributed by atoms with van der Waals surface area (Å²) in [7, 11) is 0. The number of halogens is 1. The lowest BCUT2D eigenvalue weighted by molar-refractivity contribution is 0.128. The number of nitrogens with zero attached hydrogens (tertiary/aromatic N) is 2. The summed E-state index contributed by atoms with van der Waals surface area (Å²) in [5, 5.41) is 1.33. The number of fused-ring (bicyclic) bond motifs is 1. The SMILES string of the molecule is CCOCc1nc(Cl)cc(Sc2ccc3c(c2)CCC3)n1. The van der Waals surface area contributed by atoms with Crippen LogP contribution in [0.2, 0.25) is 5.15 Å². The van der Waals surface area contributed by atoms with Crippen molar-refractivity contribution < 1.29 is 4.74 Å². The monoisotopic (exact) mass is 320 g/mol. The third-order valence-corrected chi connectivity index (χ3v) is 4.55. The van der Waals surface area contributed by atoms with Crippen LogP contribution in [0.15, 0.2) is 34.2 Å². The van der Waals surface area contributed by atoms with E-state index in [1.165, 1.54) is 35.3 Å². The molecule has 110 valence electrons. The highest BCUT2D eigenvalue weighted by atomic mass is 35.5. The maximum atomic E-state index is 6.07. The van der Waals surface area contributed by atoms with Crippen LogP contribution in [0.5, 0.6) is 0 Å². The van der Waals surface area contributed by atoms with Crippen molar-refractivity contribution >= 4 is 23.4 Å². The van der Waals surface area contributed by atoms with Crippen molar-refractivity contribution in [3.05, 3.63) is 46.4 Å². The average molecular weight is 321 g/mol. The molecule has 0 saturated heterocycles. The van der Waals surface area contributed by atoms with Gasteiger partial charge in [-0.05, 0) is 49.4 Å². The molecule has 0 atom stereocenters. The molecule has 0 radical (unpaired) electrons. The summed E-state index contributed by atoms with van der Waals surface area (Å²) in [4.78, 5) is 9.89. The lowest BCUT2D eigenvalue weighted by Gasteiger charge is -2.07. The molecule has 1 heterocycles. The van der Waals surface area contributed by atoms with Gasteiger partial charge in [-0.2, -0.15) is 0 Å². The predicted octanol–water partition coefficient (Wildman–Crippen LogP) is 4.31. The second-order valence-electron chi connectivity index (χ2n) is 4.97. The van der Waals surface area contributed by atoms with Crippen LogP contribution < -0.4 is 0 Å². The molecule has 2 aromatic rings. The third-order valence-electron chi connectivity index (χ3n) is 3.45. The van der Waals surface area contributed by atoms with Crippen molar-refractivity contribution in [2.24, 2.45) is 0 Å². The second kappa shape index (κ2) is 6.77. The lowest BCUT2D eigenvalue weighted by Crippen LogP contribution is -2.00. The minimum Gasteiger partial charge on any atom is -0.374 e. The first kappa shape index (κ1) is 14.8. The molecule has 5 heteroatoms. The summed E-state index contributed by atoms with van der Waals surface area (Å²) in [5.41, 5.74) is 2.95. The normalized spacial score (nSPS) is 13.4. The van der Waals surface area contributed by atoms with Gasteiger partial charge in [0.05, 0.1) is 0 Å². The van der Waals surface area contributed by atoms with Gasteiger partial charge in [-0.15, -0.1) is 0 Å². The summed E-state index contributed by atoms with van der Waals surface area (Å²) >= 11 is 7.69. The summed E-state index contributed by atoms with van der Waals surface area (Å²) < 4.78 is 5.35. The fraction of sp³-hybridized carbons (Fsp3) is 0.375. The van der Waals surface area contributed by atoms with Gasteiger partial charge < -0.3 is 4.74 Å². The summed E-state index contributed by atoms with van der Waals surface area (Å²) in [6.45, 7) is 2.99. The Morgan fingerprint density at radius 3 is 2.90 bits per heavy atom. The summed E-state index contributed by atoms with van der Waals surface area (Å²) in [6.07, 6.45) is 3.66. The minimum absolute atomic E-state index is 0.398. The van der Waals surface area contributed by atoms with Crippen molar-refractivity contribution in [2.45, 2.75) is 42.7 Å². The van der Waals surface area contributed by atoms with Crippen LogP contribution in [0.4, 0.5) is 0 Å². The van der Waals surface area contributed by atoms with Crippen LogP contribution in [-0.4, -0.2) is 16.6 Å². The minimum atomic E-state index is 0.398. The third kappa shape index (κ3) is 3.76. The van der Waals surface area contributed by atoms with E-state index >= 15 is 0 Å². The Bertz CT molecular complexity index is 648. The standard InChI is InChI=1S/C16H17ClN2OS/c1-2-20-10-15-18-14(17)9-16(19-15)21-13-7-6-11-4-3-5-12(11)8-13/h6-9H,2-5,10H2,1H3. The zero-order chi connectivity index (χ0) is 14.7. The molecule has 1 aliphatic rings. The molecule has 0 spiro atoms. The molecular weight excluding hydrogens is 304 g/mol. The van der Waals surface area contributed by atoms with Gasteiger partial charge >= 0.3 is 0 Å². The molecule has 0 fully saturated rings. The zero-order valence-electron chi connectivity index (χ0n) is 11.9. The van der Waals surface area contributed by atoms with Gasteiger partial charge in [-0.25, -0.2) is 9.97 Å². The van der Waals surface area contributed by atoms with E-state index in [1.807, 2.05) is 6.92 Å². The van der Waals surface area contributed by atoms with Crippen molar-refractivity contribution in [1.29, 1.82) is 0 Å². The van der Waals surface area contributed by atoms with E-state index in [0.29, 0.717) is 24.2 Å². The topological polar surface area (TPSA) is 35.0 Å². The quantitative estimate of drug-likeness (QED) is 0.769. The molecule has 0 N–H and O–H groups in total. The molecule has 1 aliphatic carbocycles. The second-order valence-corrected chi connectivity index (χ2v) is 6.45. The Balaban J connectivity index is 1.79. The van der Waals surface area contributed by atoms with Gasteiger partial charge in [-0.1, -0.05) is 29.4 Å². The van der Waals surface area contributed by atoms with E-state index in [4.69, 9.17) is 16.3 Å². The van der Waals surface area contributed by atoms with Crippen molar-refractivity contribution in [1.82, 2.24) is 9.97 Å². The Morgan fingerprint density at radius 2 is 2.05 bits per heavy atom. The van der Waals surface area contributed by atoms with Gasteiger partial charge in [-0.3, -0.25) is 0 Å². The first-order chi connectivity index (χ1) is 10.2.